The molecule has 5 nitrogen and oxygen atoms in total. The maximum atomic E-state index is 12.5. The van der Waals surface area contributed by atoms with E-state index >= 15 is 0 Å². The van der Waals surface area contributed by atoms with Gasteiger partial charge in [-0.25, -0.2) is 9.18 Å². The van der Waals surface area contributed by atoms with Crippen molar-refractivity contribution in [1.82, 2.24) is 0 Å². The molecular formula is C10H13ClFN3O2. The Hall–Kier alpha value is -2.08. The number of guanidine groups is 1. The van der Waals surface area contributed by atoms with E-state index in [4.69, 9.17) is 10.5 Å². The van der Waals surface area contributed by atoms with Crippen LogP contribution in [-0.2, 0) is 4.79 Å². The molecule has 1 rings (SSSR count). The van der Waals surface area contributed by atoms with E-state index in [1.165, 1.54) is 24.3 Å². The second-order valence-corrected chi connectivity index (χ2v) is 2.68. The van der Waals surface area contributed by atoms with Gasteiger partial charge in [0, 0.05) is 6.08 Å². The highest BCUT2D eigenvalue weighted by Crippen LogP contribution is 2.04. The van der Waals surface area contributed by atoms with Gasteiger partial charge in [-0.1, -0.05) is 12.1 Å². The molecule has 17 heavy (non-hydrogen) atoms. The van der Waals surface area contributed by atoms with Crippen molar-refractivity contribution in [1.29, 1.82) is 5.41 Å². The smallest absolute Gasteiger partial charge is 0.328 e. The van der Waals surface area contributed by atoms with Crippen molar-refractivity contribution < 1.29 is 14.3 Å². The number of nitrogens with two attached hydrogens (primary N) is 2. The molecule has 0 saturated carbocycles. The molecule has 0 aromatic heterocycles. The molecule has 0 saturated heterocycles. The zero-order chi connectivity index (χ0) is 12.6. The number of rotatable bonds is 2. The normalized spacial score (nSPS) is 8.76. The van der Waals surface area contributed by atoms with Gasteiger partial charge >= 0.3 is 5.97 Å². The number of carbonyl (C=O) groups is 1. The van der Waals surface area contributed by atoms with Gasteiger partial charge in [-0.2, -0.15) is 0 Å². The molecule has 0 aliphatic heterocycles. The summed E-state index contributed by atoms with van der Waals surface area (Å²) in [5.41, 5.74) is 9.48. The van der Waals surface area contributed by atoms with Gasteiger partial charge in [-0.05, 0) is 23.8 Å². The molecule has 0 aliphatic rings. The fraction of sp³-hybridized carbons (Fsp3) is 0. The summed E-state index contributed by atoms with van der Waals surface area (Å²) >= 11 is 0. The minimum Gasteiger partial charge on any atom is -0.478 e. The van der Waals surface area contributed by atoms with Crippen molar-refractivity contribution in [2.45, 2.75) is 0 Å². The molecule has 0 radical (unpaired) electrons. The number of carboxylic acids is 1. The lowest BCUT2D eigenvalue weighted by Gasteiger charge is -1.91. The number of hydrogen-bond donors (Lipinski definition) is 4. The van der Waals surface area contributed by atoms with Crippen LogP contribution in [-0.4, -0.2) is 17.0 Å². The number of hydrogen-bond acceptors (Lipinski definition) is 2. The number of aliphatic carboxylic acids is 1. The van der Waals surface area contributed by atoms with Crippen molar-refractivity contribution in [3.63, 3.8) is 0 Å². The summed E-state index contributed by atoms with van der Waals surface area (Å²) in [6.45, 7) is 0. The summed E-state index contributed by atoms with van der Waals surface area (Å²) in [5, 5.41) is 14.3. The van der Waals surface area contributed by atoms with Gasteiger partial charge in [-0.3, -0.25) is 5.41 Å². The minimum atomic E-state index is -1.04. The maximum absolute atomic E-state index is 12.5. The first kappa shape index (κ1) is 17.3. The summed E-state index contributed by atoms with van der Waals surface area (Å²) in [6.07, 6.45) is 2.31. The number of nitrogens with one attached hydrogen (secondary N) is 1. The largest absolute Gasteiger partial charge is 0.478 e. The van der Waals surface area contributed by atoms with Crippen LogP contribution in [0, 0.1) is 11.2 Å². The van der Waals surface area contributed by atoms with Crippen LogP contribution in [0.4, 0.5) is 4.39 Å². The van der Waals surface area contributed by atoms with Gasteiger partial charge < -0.3 is 16.6 Å². The Labute approximate surface area is 104 Å². The Morgan fingerprint density at radius 3 is 2.35 bits per heavy atom. The average Bonchev–Trinajstić information content (AvgIpc) is 2.14. The predicted octanol–water partition coefficient (Wildman–Crippen LogP) is 1.18. The van der Waals surface area contributed by atoms with E-state index in [0.29, 0.717) is 5.56 Å². The van der Waals surface area contributed by atoms with Crippen LogP contribution in [0.15, 0.2) is 30.3 Å². The van der Waals surface area contributed by atoms with Crippen LogP contribution >= 0.6 is 12.4 Å². The van der Waals surface area contributed by atoms with Crippen molar-refractivity contribution >= 4 is 30.4 Å². The van der Waals surface area contributed by atoms with E-state index < -0.39 is 5.97 Å². The third-order valence-corrected chi connectivity index (χ3v) is 1.27. The lowest BCUT2D eigenvalue weighted by atomic mass is 10.2. The van der Waals surface area contributed by atoms with Crippen LogP contribution in [0.25, 0.3) is 6.08 Å². The van der Waals surface area contributed by atoms with Gasteiger partial charge in [-0.15, -0.1) is 12.4 Å². The zero-order valence-electron chi connectivity index (χ0n) is 8.76. The standard InChI is InChI=1S/C9H7FO2.CH5N3.ClH/c10-8-3-1-2-7(6-8)4-5-9(11)12;2-1(3)4;/h1-6H,(H,11,12);(H5,2,3,4);1H/b5-4+;;. The van der Waals surface area contributed by atoms with Gasteiger partial charge in [0.25, 0.3) is 0 Å². The zero-order valence-corrected chi connectivity index (χ0v) is 9.58. The molecule has 1 aromatic rings. The Morgan fingerprint density at radius 2 is 1.94 bits per heavy atom. The predicted molar refractivity (Wildman–Crippen MR) is 66.4 cm³/mol. The van der Waals surface area contributed by atoms with E-state index in [9.17, 15) is 9.18 Å². The number of carboxylic acid groups (broad SMARTS) is 1. The molecule has 6 N–H and O–H groups in total. The Bertz CT molecular complexity index is 406. The van der Waals surface area contributed by atoms with E-state index in [1.807, 2.05) is 0 Å². The van der Waals surface area contributed by atoms with E-state index in [1.54, 1.807) is 6.07 Å². The van der Waals surface area contributed by atoms with Crippen LogP contribution in [0.3, 0.4) is 0 Å². The van der Waals surface area contributed by atoms with Crippen molar-refractivity contribution in [2.24, 2.45) is 11.5 Å². The number of halogens is 2. The van der Waals surface area contributed by atoms with Gasteiger partial charge in [0.15, 0.2) is 5.96 Å². The summed E-state index contributed by atoms with van der Waals surface area (Å²) in [6, 6.07) is 5.72. The molecule has 0 aliphatic carbocycles. The average molecular weight is 262 g/mol. The second kappa shape index (κ2) is 9.17. The van der Waals surface area contributed by atoms with Crippen LogP contribution in [0.5, 0.6) is 0 Å². The first-order valence-electron chi connectivity index (χ1n) is 4.18. The topological polar surface area (TPSA) is 113 Å². The summed E-state index contributed by atoms with van der Waals surface area (Å²) in [4.78, 5) is 10.1. The highest BCUT2D eigenvalue weighted by molar-refractivity contribution is 5.85. The van der Waals surface area contributed by atoms with Crippen molar-refractivity contribution in [3.8, 4) is 0 Å². The van der Waals surface area contributed by atoms with Crippen LogP contribution in [0.2, 0.25) is 0 Å². The summed E-state index contributed by atoms with van der Waals surface area (Å²) in [7, 11) is 0. The minimum absolute atomic E-state index is 0. The SMILES string of the molecule is Cl.N=C(N)N.O=C(O)/C=C/c1cccc(F)c1. The Kier molecular flexibility index (Phi) is 9.34. The fourth-order valence-electron chi connectivity index (χ4n) is 0.778. The van der Waals surface area contributed by atoms with Crippen LogP contribution < -0.4 is 11.5 Å². The summed E-state index contributed by atoms with van der Waals surface area (Å²) in [5.74, 6) is -1.75. The third kappa shape index (κ3) is 11.8. The molecule has 0 heterocycles. The van der Waals surface area contributed by atoms with Crippen molar-refractivity contribution in [2.75, 3.05) is 0 Å². The van der Waals surface area contributed by atoms with Crippen LogP contribution in [0.1, 0.15) is 5.56 Å². The molecule has 0 spiro atoms. The Balaban J connectivity index is 0. The molecule has 0 fully saturated rings. The fourth-order valence-corrected chi connectivity index (χ4v) is 0.778. The highest BCUT2D eigenvalue weighted by atomic mass is 35.5. The quantitative estimate of drug-likeness (QED) is 0.364. The first-order chi connectivity index (χ1) is 7.41. The maximum Gasteiger partial charge on any atom is 0.328 e. The molecule has 7 heteroatoms. The molecule has 0 atom stereocenters. The molecule has 94 valence electrons. The van der Waals surface area contributed by atoms with E-state index in [0.717, 1.165) is 6.08 Å². The first-order valence-corrected chi connectivity index (χ1v) is 4.18. The molecule has 0 amide bonds. The monoisotopic (exact) mass is 261 g/mol. The highest BCUT2D eigenvalue weighted by Gasteiger charge is 1.91. The van der Waals surface area contributed by atoms with E-state index in [2.05, 4.69) is 11.5 Å². The molecule has 0 unspecified atom stereocenters. The second-order valence-electron chi connectivity index (χ2n) is 2.68. The lowest BCUT2D eigenvalue weighted by molar-refractivity contribution is -0.131. The van der Waals surface area contributed by atoms with Gasteiger partial charge in [0.05, 0.1) is 0 Å². The molecule has 1 aromatic carbocycles. The lowest BCUT2D eigenvalue weighted by Crippen LogP contribution is -2.20. The van der Waals surface area contributed by atoms with Gasteiger partial charge in [0.1, 0.15) is 5.82 Å². The third-order valence-electron chi connectivity index (χ3n) is 1.27. The summed E-state index contributed by atoms with van der Waals surface area (Å²) < 4.78 is 12.5. The Morgan fingerprint density at radius 1 is 1.41 bits per heavy atom. The molecular weight excluding hydrogens is 249 g/mol. The molecule has 0 bridgehead atoms. The number of benzene rings is 1. The van der Waals surface area contributed by atoms with E-state index in [-0.39, 0.29) is 24.2 Å². The van der Waals surface area contributed by atoms with Crippen molar-refractivity contribution in [3.05, 3.63) is 41.7 Å². The van der Waals surface area contributed by atoms with Gasteiger partial charge in [0.2, 0.25) is 0 Å².